The summed E-state index contributed by atoms with van der Waals surface area (Å²) >= 11 is 6.08. The molecule has 0 radical (unpaired) electrons. The fourth-order valence-corrected chi connectivity index (χ4v) is 3.64. The third-order valence-electron chi connectivity index (χ3n) is 4.30. The van der Waals surface area contributed by atoms with Gasteiger partial charge in [0, 0.05) is 57.0 Å². The molecule has 0 unspecified atom stereocenters. The molecular formula is C17H28ClN5O2S. The fraction of sp³-hybridized carbons (Fsp3) is 0.588. The van der Waals surface area contributed by atoms with Crippen molar-refractivity contribution in [3.8, 4) is 0 Å². The Labute approximate surface area is 161 Å². The van der Waals surface area contributed by atoms with Gasteiger partial charge < -0.3 is 15.1 Å². The quantitative estimate of drug-likeness (QED) is 0.410. The van der Waals surface area contributed by atoms with E-state index in [0.717, 1.165) is 42.8 Å². The maximum atomic E-state index is 11.4. The minimum atomic E-state index is -3.12. The van der Waals surface area contributed by atoms with Crippen molar-refractivity contribution in [1.29, 1.82) is 0 Å². The molecule has 1 aromatic carbocycles. The molecule has 2 rings (SSSR count). The largest absolute Gasteiger partial charge is 0.368 e. The summed E-state index contributed by atoms with van der Waals surface area (Å²) in [6.07, 6.45) is 0.709. The summed E-state index contributed by atoms with van der Waals surface area (Å²) < 4.78 is 25.4. The Morgan fingerprint density at radius 2 is 1.96 bits per heavy atom. The third-order valence-corrected chi connectivity index (χ3v) is 5.94. The topological polar surface area (TPSA) is 77.0 Å². The second kappa shape index (κ2) is 9.99. The van der Waals surface area contributed by atoms with Gasteiger partial charge in [0.15, 0.2) is 5.96 Å². The van der Waals surface area contributed by atoms with Gasteiger partial charge >= 0.3 is 0 Å². The number of halogens is 1. The van der Waals surface area contributed by atoms with E-state index in [4.69, 9.17) is 11.6 Å². The lowest BCUT2D eigenvalue weighted by molar-refractivity contribution is 0.372. The SMILES string of the molecule is CCS(=O)(=O)NCCCNC(=NC)N1CCN(c2cccc(Cl)c2)CC1. The first-order valence-electron chi connectivity index (χ1n) is 8.88. The van der Waals surface area contributed by atoms with Gasteiger partial charge in [0.05, 0.1) is 5.75 Å². The van der Waals surface area contributed by atoms with E-state index in [1.165, 1.54) is 0 Å². The first-order chi connectivity index (χ1) is 12.4. The third kappa shape index (κ3) is 6.34. The zero-order valence-corrected chi connectivity index (χ0v) is 17.0. The van der Waals surface area contributed by atoms with Crippen molar-refractivity contribution in [3.05, 3.63) is 29.3 Å². The number of hydrogen-bond donors (Lipinski definition) is 2. The zero-order valence-electron chi connectivity index (χ0n) is 15.4. The van der Waals surface area contributed by atoms with Gasteiger partial charge in [-0.25, -0.2) is 13.1 Å². The summed E-state index contributed by atoms with van der Waals surface area (Å²) in [6, 6.07) is 7.92. The van der Waals surface area contributed by atoms with Gasteiger partial charge in [0.1, 0.15) is 0 Å². The Balaban J connectivity index is 1.74. The Bertz CT molecular complexity index is 703. The minimum Gasteiger partial charge on any atom is -0.368 e. The molecule has 1 aliphatic heterocycles. The van der Waals surface area contributed by atoms with Gasteiger partial charge in [-0.05, 0) is 31.5 Å². The molecule has 1 saturated heterocycles. The van der Waals surface area contributed by atoms with Crippen LogP contribution in [0.25, 0.3) is 0 Å². The van der Waals surface area contributed by atoms with Gasteiger partial charge in [-0.2, -0.15) is 0 Å². The van der Waals surface area contributed by atoms with Crippen LogP contribution in [0.5, 0.6) is 0 Å². The maximum absolute atomic E-state index is 11.4. The molecule has 7 nitrogen and oxygen atoms in total. The van der Waals surface area contributed by atoms with Crippen molar-refractivity contribution in [2.75, 3.05) is 57.0 Å². The summed E-state index contributed by atoms with van der Waals surface area (Å²) in [7, 11) is -1.35. The number of piperazine rings is 1. The second-order valence-electron chi connectivity index (χ2n) is 6.08. The first kappa shape index (κ1) is 20.8. The van der Waals surface area contributed by atoms with Crippen LogP contribution in [0.4, 0.5) is 5.69 Å². The molecule has 0 amide bonds. The standard InChI is InChI=1S/C17H28ClN5O2S/c1-3-26(24,25)21-9-5-8-20-17(19-2)23-12-10-22(11-13-23)16-7-4-6-15(18)14-16/h4,6-7,14,21H,3,5,8-13H2,1-2H3,(H,19,20). The van der Waals surface area contributed by atoms with Crippen LogP contribution in [-0.2, 0) is 10.0 Å². The van der Waals surface area contributed by atoms with Gasteiger partial charge in [-0.1, -0.05) is 17.7 Å². The van der Waals surface area contributed by atoms with Crippen LogP contribution in [0.15, 0.2) is 29.3 Å². The Morgan fingerprint density at radius 3 is 2.58 bits per heavy atom. The monoisotopic (exact) mass is 401 g/mol. The summed E-state index contributed by atoms with van der Waals surface area (Å²) in [5, 5.41) is 4.06. The fourth-order valence-electron chi connectivity index (χ4n) is 2.80. The highest BCUT2D eigenvalue weighted by atomic mass is 35.5. The molecule has 1 fully saturated rings. The van der Waals surface area contributed by atoms with Crippen LogP contribution in [0.3, 0.4) is 0 Å². The number of anilines is 1. The lowest BCUT2D eigenvalue weighted by Gasteiger charge is -2.37. The lowest BCUT2D eigenvalue weighted by Crippen LogP contribution is -2.52. The molecule has 9 heteroatoms. The van der Waals surface area contributed by atoms with Crippen LogP contribution >= 0.6 is 11.6 Å². The van der Waals surface area contributed by atoms with Crippen molar-refractivity contribution in [2.24, 2.45) is 4.99 Å². The van der Waals surface area contributed by atoms with Crippen molar-refractivity contribution >= 4 is 33.3 Å². The second-order valence-corrected chi connectivity index (χ2v) is 8.61. The van der Waals surface area contributed by atoms with Crippen molar-refractivity contribution in [3.63, 3.8) is 0 Å². The Hall–Kier alpha value is -1.51. The molecule has 0 saturated carbocycles. The van der Waals surface area contributed by atoms with E-state index in [9.17, 15) is 8.42 Å². The van der Waals surface area contributed by atoms with Gasteiger partial charge in [0.25, 0.3) is 0 Å². The Morgan fingerprint density at radius 1 is 1.23 bits per heavy atom. The van der Waals surface area contributed by atoms with E-state index in [1.807, 2.05) is 18.2 Å². The highest BCUT2D eigenvalue weighted by Crippen LogP contribution is 2.20. The smallest absolute Gasteiger partial charge is 0.211 e. The van der Waals surface area contributed by atoms with Crippen LogP contribution in [0, 0.1) is 0 Å². The molecule has 1 aliphatic rings. The number of guanidine groups is 1. The van der Waals surface area contributed by atoms with E-state index in [1.54, 1.807) is 14.0 Å². The molecule has 1 aromatic rings. The summed E-state index contributed by atoms with van der Waals surface area (Å²) in [6.45, 7) is 6.28. The van der Waals surface area contributed by atoms with Crippen LogP contribution in [0.2, 0.25) is 5.02 Å². The normalized spacial score (nSPS) is 16.0. The highest BCUT2D eigenvalue weighted by molar-refractivity contribution is 7.89. The molecule has 146 valence electrons. The summed E-state index contributed by atoms with van der Waals surface area (Å²) in [5.74, 6) is 0.966. The Kier molecular flexibility index (Phi) is 7.99. The highest BCUT2D eigenvalue weighted by Gasteiger charge is 2.19. The van der Waals surface area contributed by atoms with Gasteiger partial charge in [-0.3, -0.25) is 4.99 Å². The van der Waals surface area contributed by atoms with Crippen molar-refractivity contribution in [1.82, 2.24) is 14.9 Å². The van der Waals surface area contributed by atoms with E-state index in [2.05, 4.69) is 30.9 Å². The van der Waals surface area contributed by atoms with Crippen LogP contribution in [-0.4, -0.2) is 71.3 Å². The maximum Gasteiger partial charge on any atom is 0.211 e. The molecule has 0 spiro atoms. The number of benzene rings is 1. The molecule has 0 atom stereocenters. The lowest BCUT2D eigenvalue weighted by atomic mass is 10.2. The van der Waals surface area contributed by atoms with Crippen molar-refractivity contribution in [2.45, 2.75) is 13.3 Å². The predicted molar refractivity (Wildman–Crippen MR) is 109 cm³/mol. The predicted octanol–water partition coefficient (Wildman–Crippen LogP) is 1.37. The van der Waals surface area contributed by atoms with Crippen molar-refractivity contribution < 1.29 is 8.42 Å². The zero-order chi connectivity index (χ0) is 19.0. The van der Waals surface area contributed by atoms with E-state index >= 15 is 0 Å². The number of sulfonamides is 1. The van der Waals surface area contributed by atoms with Gasteiger partial charge in [-0.15, -0.1) is 0 Å². The number of nitrogens with one attached hydrogen (secondary N) is 2. The molecule has 0 aliphatic carbocycles. The van der Waals surface area contributed by atoms with E-state index < -0.39 is 10.0 Å². The molecule has 0 aromatic heterocycles. The average Bonchev–Trinajstić information content (AvgIpc) is 2.65. The number of aliphatic imine (C=N–C) groups is 1. The molecule has 0 bridgehead atoms. The van der Waals surface area contributed by atoms with E-state index in [-0.39, 0.29) is 5.75 Å². The number of nitrogens with zero attached hydrogens (tertiary/aromatic N) is 3. The van der Waals surface area contributed by atoms with Crippen LogP contribution in [0.1, 0.15) is 13.3 Å². The van der Waals surface area contributed by atoms with E-state index in [0.29, 0.717) is 19.5 Å². The number of rotatable bonds is 7. The number of hydrogen-bond acceptors (Lipinski definition) is 4. The first-order valence-corrected chi connectivity index (χ1v) is 10.9. The molecule has 2 N–H and O–H groups in total. The van der Waals surface area contributed by atoms with Gasteiger partial charge in [0.2, 0.25) is 10.0 Å². The molecule has 26 heavy (non-hydrogen) atoms. The summed E-state index contributed by atoms with van der Waals surface area (Å²) in [4.78, 5) is 8.87. The van der Waals surface area contributed by atoms with Crippen LogP contribution < -0.4 is 14.9 Å². The minimum absolute atomic E-state index is 0.110. The average molecular weight is 402 g/mol. The molecular weight excluding hydrogens is 374 g/mol. The molecule has 1 heterocycles. The summed E-state index contributed by atoms with van der Waals surface area (Å²) in [5.41, 5.74) is 1.14.